The smallest absolute Gasteiger partial charge is 0.173 e. The van der Waals surface area contributed by atoms with Crippen LogP contribution >= 0.6 is 0 Å². The number of hydrogen-bond acceptors (Lipinski definition) is 1. The molecule has 0 aliphatic heterocycles. The van der Waals surface area contributed by atoms with Crippen LogP contribution < -0.4 is 0 Å². The lowest BCUT2D eigenvalue weighted by Gasteiger charge is -2.24. The maximum absolute atomic E-state index is 13.8. The zero-order valence-corrected chi connectivity index (χ0v) is 10.9. The molecule has 0 saturated heterocycles. The minimum Gasteiger partial charge on any atom is -0.293 e. The fourth-order valence-corrected chi connectivity index (χ4v) is 2.91. The van der Waals surface area contributed by atoms with E-state index in [0.717, 1.165) is 30.0 Å². The molecule has 20 heavy (non-hydrogen) atoms. The molecule has 0 radical (unpaired) electrons. The predicted octanol–water partition coefficient (Wildman–Crippen LogP) is 4.27. The van der Waals surface area contributed by atoms with Crippen molar-refractivity contribution in [1.82, 2.24) is 0 Å². The molecule has 2 aromatic rings. The van der Waals surface area contributed by atoms with Crippen LogP contribution in [0.1, 0.15) is 40.2 Å². The van der Waals surface area contributed by atoms with Gasteiger partial charge in [-0.2, -0.15) is 0 Å². The average molecular weight is 272 g/mol. The van der Waals surface area contributed by atoms with E-state index in [1.54, 1.807) is 0 Å². The van der Waals surface area contributed by atoms with E-state index in [2.05, 4.69) is 0 Å². The lowest BCUT2D eigenvalue weighted by molar-refractivity contribution is 0.0946. The van der Waals surface area contributed by atoms with Crippen LogP contribution in [0.2, 0.25) is 0 Å². The number of Topliss-reactive ketones (excluding diaryl/α,β-unsaturated/α-hetero) is 1. The van der Waals surface area contributed by atoms with Gasteiger partial charge in [0, 0.05) is 5.92 Å². The van der Waals surface area contributed by atoms with Crippen LogP contribution in [0.5, 0.6) is 0 Å². The van der Waals surface area contributed by atoms with Crippen molar-refractivity contribution in [3.8, 4) is 0 Å². The van der Waals surface area contributed by atoms with E-state index in [4.69, 9.17) is 0 Å². The van der Waals surface area contributed by atoms with Crippen molar-refractivity contribution in [2.45, 2.75) is 25.2 Å². The van der Waals surface area contributed by atoms with E-state index < -0.39 is 11.6 Å². The molecule has 3 rings (SSSR count). The van der Waals surface area contributed by atoms with Gasteiger partial charge in [0.1, 0.15) is 0 Å². The first-order chi connectivity index (χ1) is 9.68. The number of halogens is 2. The number of carbonyl (C=O) groups excluding carboxylic acids is 1. The molecule has 1 nitrogen and oxygen atoms in total. The van der Waals surface area contributed by atoms with Gasteiger partial charge in [-0.3, -0.25) is 4.79 Å². The number of hydrogen-bond donors (Lipinski definition) is 0. The second-order valence-corrected chi connectivity index (χ2v) is 5.11. The molecule has 0 aromatic heterocycles. The highest BCUT2D eigenvalue weighted by molar-refractivity contribution is 6.01. The van der Waals surface area contributed by atoms with Crippen LogP contribution in [0.4, 0.5) is 8.78 Å². The Labute approximate surface area is 116 Å². The number of benzene rings is 2. The molecule has 1 unspecified atom stereocenters. The molecule has 2 aromatic carbocycles. The maximum atomic E-state index is 13.8. The highest BCUT2D eigenvalue weighted by Crippen LogP contribution is 2.34. The Morgan fingerprint density at radius 3 is 2.70 bits per heavy atom. The zero-order chi connectivity index (χ0) is 14.1. The monoisotopic (exact) mass is 272 g/mol. The Bertz CT molecular complexity index is 664. The first-order valence-electron chi connectivity index (χ1n) is 6.74. The third kappa shape index (κ3) is 2.13. The molecule has 0 saturated carbocycles. The van der Waals surface area contributed by atoms with Crippen molar-refractivity contribution in [2.75, 3.05) is 0 Å². The van der Waals surface area contributed by atoms with Gasteiger partial charge in [-0.1, -0.05) is 30.3 Å². The summed E-state index contributed by atoms with van der Waals surface area (Å²) in [6.07, 6.45) is 2.52. The number of carbonyl (C=O) groups is 1. The molecule has 0 fully saturated rings. The van der Waals surface area contributed by atoms with Gasteiger partial charge in [0.2, 0.25) is 0 Å². The molecular weight excluding hydrogens is 258 g/mol. The summed E-state index contributed by atoms with van der Waals surface area (Å²) in [5, 5.41) is 0. The number of rotatable bonds is 2. The van der Waals surface area contributed by atoms with Gasteiger partial charge in [0.25, 0.3) is 0 Å². The molecule has 102 valence electrons. The fourth-order valence-electron chi connectivity index (χ4n) is 2.91. The summed E-state index contributed by atoms with van der Waals surface area (Å²) in [5.74, 6) is -2.70. The van der Waals surface area contributed by atoms with Crippen LogP contribution in [-0.4, -0.2) is 5.78 Å². The normalized spacial score (nSPS) is 17.6. The Morgan fingerprint density at radius 1 is 1.05 bits per heavy atom. The minimum absolute atomic E-state index is 0.147. The van der Waals surface area contributed by atoms with Gasteiger partial charge >= 0.3 is 0 Å². The van der Waals surface area contributed by atoms with E-state index in [-0.39, 0.29) is 17.3 Å². The summed E-state index contributed by atoms with van der Waals surface area (Å²) in [7, 11) is 0. The van der Waals surface area contributed by atoms with E-state index in [0.29, 0.717) is 6.42 Å². The summed E-state index contributed by atoms with van der Waals surface area (Å²) in [5.41, 5.74) is 1.94. The largest absolute Gasteiger partial charge is 0.293 e. The number of ketones is 1. The summed E-state index contributed by atoms with van der Waals surface area (Å²) < 4.78 is 27.1. The predicted molar refractivity (Wildman–Crippen MR) is 72.8 cm³/mol. The van der Waals surface area contributed by atoms with Crippen molar-refractivity contribution < 1.29 is 13.6 Å². The van der Waals surface area contributed by atoms with E-state index in [9.17, 15) is 13.6 Å². The Balaban J connectivity index is 2.02. The van der Waals surface area contributed by atoms with Crippen LogP contribution in [0.3, 0.4) is 0 Å². The van der Waals surface area contributed by atoms with Gasteiger partial charge in [-0.25, -0.2) is 8.78 Å². The fraction of sp³-hybridized carbons (Fsp3) is 0.235. The molecule has 0 spiro atoms. The van der Waals surface area contributed by atoms with Crippen molar-refractivity contribution in [3.63, 3.8) is 0 Å². The van der Waals surface area contributed by atoms with Gasteiger partial charge in [-0.05, 0) is 42.5 Å². The second-order valence-electron chi connectivity index (χ2n) is 5.11. The van der Waals surface area contributed by atoms with Crippen LogP contribution in [0.25, 0.3) is 0 Å². The zero-order valence-electron chi connectivity index (χ0n) is 10.9. The lowest BCUT2D eigenvalue weighted by Crippen LogP contribution is -2.20. The third-order valence-electron chi connectivity index (χ3n) is 3.90. The van der Waals surface area contributed by atoms with Crippen molar-refractivity contribution in [3.05, 3.63) is 70.8 Å². The van der Waals surface area contributed by atoms with Gasteiger partial charge in [-0.15, -0.1) is 0 Å². The number of fused-ring (bicyclic) bond motifs is 1. The molecule has 0 bridgehead atoms. The molecular formula is C17H14F2O. The van der Waals surface area contributed by atoms with Crippen molar-refractivity contribution >= 4 is 5.78 Å². The minimum atomic E-state index is -1.04. The van der Waals surface area contributed by atoms with Crippen molar-refractivity contribution in [1.29, 1.82) is 0 Å². The molecule has 1 aliphatic carbocycles. The molecule has 0 amide bonds. The van der Waals surface area contributed by atoms with E-state index in [1.165, 1.54) is 12.1 Å². The molecule has 3 heteroatoms. The first-order valence-corrected chi connectivity index (χ1v) is 6.74. The van der Waals surface area contributed by atoms with E-state index in [1.807, 2.05) is 24.3 Å². The first kappa shape index (κ1) is 13.0. The van der Waals surface area contributed by atoms with Crippen LogP contribution in [0.15, 0.2) is 42.5 Å². The average Bonchev–Trinajstić information content (AvgIpc) is 2.49. The summed E-state index contributed by atoms with van der Waals surface area (Å²) in [6, 6.07) is 11.5. The van der Waals surface area contributed by atoms with Gasteiger partial charge < -0.3 is 0 Å². The quantitative estimate of drug-likeness (QED) is 0.746. The molecule has 0 N–H and O–H groups in total. The molecule has 1 atom stereocenters. The Kier molecular flexibility index (Phi) is 3.35. The topological polar surface area (TPSA) is 17.1 Å². The molecule has 1 aliphatic rings. The maximum Gasteiger partial charge on any atom is 0.173 e. The summed E-state index contributed by atoms with van der Waals surface area (Å²) in [6.45, 7) is 0. The summed E-state index contributed by atoms with van der Waals surface area (Å²) >= 11 is 0. The standard InChI is InChI=1S/C17H14F2O/c18-15-10-4-9-14(16(15)19)17(20)13-8-3-6-11-5-1-2-7-12(11)13/h1-2,4-5,7,9-10,13H,3,6,8H2. The van der Waals surface area contributed by atoms with Crippen LogP contribution in [-0.2, 0) is 6.42 Å². The molecule has 0 heterocycles. The lowest BCUT2D eigenvalue weighted by atomic mass is 9.79. The Morgan fingerprint density at radius 2 is 1.85 bits per heavy atom. The van der Waals surface area contributed by atoms with E-state index >= 15 is 0 Å². The highest BCUT2D eigenvalue weighted by atomic mass is 19.2. The Hall–Kier alpha value is -2.03. The van der Waals surface area contributed by atoms with Gasteiger partial charge in [0.05, 0.1) is 5.56 Å². The number of aryl methyl sites for hydroxylation is 1. The van der Waals surface area contributed by atoms with Gasteiger partial charge in [0.15, 0.2) is 17.4 Å². The van der Waals surface area contributed by atoms with Crippen molar-refractivity contribution in [2.24, 2.45) is 0 Å². The highest BCUT2D eigenvalue weighted by Gasteiger charge is 2.29. The van der Waals surface area contributed by atoms with Crippen LogP contribution in [0, 0.1) is 11.6 Å². The second kappa shape index (κ2) is 5.16. The summed E-state index contributed by atoms with van der Waals surface area (Å²) in [4.78, 5) is 12.5. The third-order valence-corrected chi connectivity index (χ3v) is 3.90. The SMILES string of the molecule is O=C(c1cccc(F)c1F)C1CCCc2ccccc21.